The van der Waals surface area contributed by atoms with E-state index in [1.165, 1.54) is 0 Å². The maximum Gasteiger partial charge on any atom is 0.258 e. The Balaban J connectivity index is 2.01. The molecule has 0 spiro atoms. The molecular weight excluding hydrogens is 214 g/mol. The number of hydrogen-bond acceptors (Lipinski definition) is 3. The zero-order chi connectivity index (χ0) is 11.9. The predicted octanol–water partition coefficient (Wildman–Crippen LogP) is 2.19. The Morgan fingerprint density at radius 3 is 2.41 bits per heavy atom. The van der Waals surface area contributed by atoms with Gasteiger partial charge in [-0.25, -0.2) is 4.90 Å². The Labute approximate surface area is 102 Å². The fourth-order valence-electron chi connectivity index (χ4n) is 2.78. The van der Waals surface area contributed by atoms with Crippen LogP contribution in [0.1, 0.15) is 19.4 Å². The van der Waals surface area contributed by atoms with Crippen LogP contribution in [-0.4, -0.2) is 31.2 Å². The van der Waals surface area contributed by atoms with E-state index >= 15 is 0 Å². The van der Waals surface area contributed by atoms with Gasteiger partial charge in [-0.3, -0.25) is 0 Å². The van der Waals surface area contributed by atoms with E-state index in [4.69, 9.17) is 9.47 Å². The minimum absolute atomic E-state index is 0.145. The minimum Gasteiger partial charge on any atom is -0.333 e. The van der Waals surface area contributed by atoms with Crippen molar-refractivity contribution in [2.75, 3.05) is 26.3 Å². The van der Waals surface area contributed by atoms with Crippen LogP contribution in [0.5, 0.6) is 0 Å². The Morgan fingerprint density at radius 2 is 1.82 bits per heavy atom. The van der Waals surface area contributed by atoms with E-state index in [1.807, 2.05) is 18.2 Å². The Kier molecular flexibility index (Phi) is 2.51. The molecule has 0 saturated carbocycles. The van der Waals surface area contributed by atoms with Gasteiger partial charge in [0.25, 0.3) is 5.91 Å². The third-order valence-corrected chi connectivity index (χ3v) is 3.74. The molecule has 0 amide bonds. The first-order valence-corrected chi connectivity index (χ1v) is 6.27. The van der Waals surface area contributed by atoms with Gasteiger partial charge in [0, 0.05) is 24.1 Å². The van der Waals surface area contributed by atoms with Crippen molar-refractivity contribution in [3.8, 4) is 0 Å². The van der Waals surface area contributed by atoms with Crippen molar-refractivity contribution >= 4 is 0 Å². The number of nitrogens with zero attached hydrogens (tertiary/aromatic N) is 1. The molecule has 4 rings (SSSR count). The SMILES string of the molecule is CCN1CC2(C)COC1(c1ccccc1)OC2. The van der Waals surface area contributed by atoms with Crippen LogP contribution < -0.4 is 0 Å². The molecule has 3 aliphatic heterocycles. The van der Waals surface area contributed by atoms with Crippen molar-refractivity contribution < 1.29 is 9.47 Å². The number of rotatable bonds is 2. The maximum absolute atomic E-state index is 6.06. The number of benzene rings is 1. The molecule has 3 fully saturated rings. The summed E-state index contributed by atoms with van der Waals surface area (Å²) in [6.07, 6.45) is 0. The van der Waals surface area contributed by atoms with Crippen LogP contribution in [-0.2, 0) is 15.4 Å². The molecule has 0 radical (unpaired) electrons. The van der Waals surface area contributed by atoms with Gasteiger partial charge in [0.1, 0.15) is 0 Å². The summed E-state index contributed by atoms with van der Waals surface area (Å²) < 4.78 is 12.1. The normalized spacial score (nSPS) is 37.3. The summed E-state index contributed by atoms with van der Waals surface area (Å²) in [5.74, 6) is -0.645. The van der Waals surface area contributed by atoms with Gasteiger partial charge in [-0.1, -0.05) is 44.2 Å². The highest BCUT2D eigenvalue weighted by Gasteiger charge is 2.54. The number of hydrogen-bond donors (Lipinski definition) is 0. The topological polar surface area (TPSA) is 21.7 Å². The standard InChI is InChI=1S/C14H19NO2/c1-3-15-9-13(2)10-16-14(15,17-11-13)12-7-5-4-6-8-12/h4-8H,3,9-11H2,1-2H3. The third-order valence-electron chi connectivity index (χ3n) is 3.74. The summed E-state index contributed by atoms with van der Waals surface area (Å²) in [5, 5.41) is 0. The van der Waals surface area contributed by atoms with E-state index in [2.05, 4.69) is 30.9 Å². The van der Waals surface area contributed by atoms with Crippen molar-refractivity contribution in [3.63, 3.8) is 0 Å². The molecular formula is C14H19NO2. The summed E-state index contributed by atoms with van der Waals surface area (Å²) in [6.45, 7) is 7.91. The second kappa shape index (κ2) is 3.80. The Hall–Kier alpha value is -0.900. The van der Waals surface area contributed by atoms with Crippen molar-refractivity contribution in [1.82, 2.24) is 4.90 Å². The highest BCUT2D eigenvalue weighted by molar-refractivity contribution is 5.21. The molecule has 0 unspecified atom stereocenters. The lowest BCUT2D eigenvalue weighted by Gasteiger charge is -2.57. The highest BCUT2D eigenvalue weighted by Crippen LogP contribution is 2.45. The van der Waals surface area contributed by atoms with Crippen LogP contribution in [0, 0.1) is 5.41 Å². The summed E-state index contributed by atoms with van der Waals surface area (Å²) in [6, 6.07) is 10.2. The smallest absolute Gasteiger partial charge is 0.258 e. The summed E-state index contributed by atoms with van der Waals surface area (Å²) in [5.41, 5.74) is 1.25. The van der Waals surface area contributed by atoms with E-state index in [9.17, 15) is 0 Å². The van der Waals surface area contributed by atoms with E-state index < -0.39 is 5.91 Å². The van der Waals surface area contributed by atoms with E-state index in [0.717, 1.165) is 31.9 Å². The van der Waals surface area contributed by atoms with Crippen molar-refractivity contribution in [3.05, 3.63) is 35.9 Å². The van der Waals surface area contributed by atoms with Gasteiger partial charge in [0.15, 0.2) is 0 Å². The molecule has 0 N–H and O–H groups in total. The minimum atomic E-state index is -0.645. The number of ether oxygens (including phenoxy) is 2. The molecule has 3 nitrogen and oxygen atoms in total. The van der Waals surface area contributed by atoms with Crippen LogP contribution in [0.4, 0.5) is 0 Å². The summed E-state index contributed by atoms with van der Waals surface area (Å²) in [4.78, 5) is 2.29. The summed E-state index contributed by atoms with van der Waals surface area (Å²) >= 11 is 0. The molecule has 2 bridgehead atoms. The lowest BCUT2D eigenvalue weighted by Crippen LogP contribution is -2.66. The fraction of sp³-hybridized carbons (Fsp3) is 0.571. The third kappa shape index (κ3) is 1.61. The predicted molar refractivity (Wildman–Crippen MR) is 65.4 cm³/mol. The average molecular weight is 233 g/mol. The van der Waals surface area contributed by atoms with Gasteiger partial charge in [0.2, 0.25) is 0 Å². The second-order valence-electron chi connectivity index (χ2n) is 5.35. The van der Waals surface area contributed by atoms with Crippen molar-refractivity contribution in [1.29, 1.82) is 0 Å². The van der Waals surface area contributed by atoms with Crippen LogP contribution in [0.25, 0.3) is 0 Å². The van der Waals surface area contributed by atoms with Gasteiger partial charge >= 0.3 is 0 Å². The van der Waals surface area contributed by atoms with Crippen LogP contribution in [0.15, 0.2) is 30.3 Å². The fourth-order valence-corrected chi connectivity index (χ4v) is 2.78. The highest BCUT2D eigenvalue weighted by atomic mass is 16.7. The largest absolute Gasteiger partial charge is 0.333 e. The molecule has 0 atom stereocenters. The zero-order valence-corrected chi connectivity index (χ0v) is 10.5. The Morgan fingerprint density at radius 1 is 1.18 bits per heavy atom. The van der Waals surface area contributed by atoms with E-state index in [1.54, 1.807) is 0 Å². The zero-order valence-electron chi connectivity index (χ0n) is 10.5. The lowest BCUT2D eigenvalue weighted by molar-refractivity contribution is -0.417. The van der Waals surface area contributed by atoms with Crippen LogP contribution >= 0.6 is 0 Å². The van der Waals surface area contributed by atoms with E-state index in [0.29, 0.717) is 0 Å². The van der Waals surface area contributed by atoms with Gasteiger partial charge < -0.3 is 9.47 Å². The van der Waals surface area contributed by atoms with Crippen molar-refractivity contribution in [2.45, 2.75) is 19.8 Å². The molecule has 17 heavy (non-hydrogen) atoms. The second-order valence-corrected chi connectivity index (χ2v) is 5.35. The molecule has 3 heteroatoms. The molecule has 0 aliphatic carbocycles. The lowest BCUT2D eigenvalue weighted by atomic mass is 9.87. The van der Waals surface area contributed by atoms with Crippen molar-refractivity contribution in [2.24, 2.45) is 5.41 Å². The first-order chi connectivity index (χ1) is 8.19. The molecule has 3 saturated heterocycles. The van der Waals surface area contributed by atoms with Gasteiger partial charge in [-0.05, 0) is 0 Å². The molecule has 92 valence electrons. The van der Waals surface area contributed by atoms with Crippen LogP contribution in [0.2, 0.25) is 0 Å². The quantitative estimate of drug-likeness (QED) is 0.781. The van der Waals surface area contributed by atoms with E-state index in [-0.39, 0.29) is 5.41 Å². The molecule has 1 aromatic carbocycles. The average Bonchev–Trinajstić information content (AvgIpc) is 2.40. The molecule has 3 aliphatic rings. The van der Waals surface area contributed by atoms with Gasteiger partial charge in [-0.15, -0.1) is 0 Å². The van der Waals surface area contributed by atoms with Gasteiger partial charge in [-0.2, -0.15) is 0 Å². The molecule has 0 aromatic heterocycles. The Bertz CT molecular complexity index is 396. The first-order valence-electron chi connectivity index (χ1n) is 6.27. The number of fused-ring (bicyclic) bond motifs is 3. The van der Waals surface area contributed by atoms with Crippen LogP contribution in [0.3, 0.4) is 0 Å². The summed E-state index contributed by atoms with van der Waals surface area (Å²) in [7, 11) is 0. The monoisotopic (exact) mass is 233 g/mol. The molecule has 3 heterocycles. The maximum atomic E-state index is 6.06. The molecule has 1 aromatic rings. The first kappa shape index (κ1) is 11.2. The van der Waals surface area contributed by atoms with Gasteiger partial charge in [0.05, 0.1) is 13.2 Å².